The predicted molar refractivity (Wildman–Crippen MR) is 81.6 cm³/mol. The zero-order chi connectivity index (χ0) is 15.4. The first-order chi connectivity index (χ1) is 10.1. The minimum Gasteiger partial charge on any atom is -0.493 e. The van der Waals surface area contributed by atoms with Crippen molar-refractivity contribution in [1.29, 1.82) is 0 Å². The van der Waals surface area contributed by atoms with Gasteiger partial charge in [-0.25, -0.2) is 4.39 Å². The topological polar surface area (TPSA) is 47.6 Å². The molecule has 0 aromatic heterocycles. The van der Waals surface area contributed by atoms with Crippen molar-refractivity contribution >= 4 is 27.5 Å². The molecule has 0 saturated heterocycles. The number of para-hydroxylation sites is 1. The van der Waals surface area contributed by atoms with Crippen LogP contribution >= 0.6 is 15.9 Å². The SMILES string of the molecule is COc1cccc(C(=O)Nc2cc(F)ccc2Br)c1OC. The van der Waals surface area contributed by atoms with Crippen molar-refractivity contribution < 1.29 is 18.7 Å². The van der Waals surface area contributed by atoms with Gasteiger partial charge < -0.3 is 14.8 Å². The highest BCUT2D eigenvalue weighted by molar-refractivity contribution is 9.10. The Kier molecular flexibility index (Phi) is 4.80. The fourth-order valence-electron chi connectivity index (χ4n) is 1.85. The van der Waals surface area contributed by atoms with Crippen molar-refractivity contribution in [1.82, 2.24) is 0 Å². The van der Waals surface area contributed by atoms with Crippen LogP contribution in [0.4, 0.5) is 10.1 Å². The number of carbonyl (C=O) groups is 1. The van der Waals surface area contributed by atoms with Crippen molar-refractivity contribution in [3.8, 4) is 11.5 Å². The minimum absolute atomic E-state index is 0.299. The molecule has 4 nitrogen and oxygen atoms in total. The molecular weight excluding hydrogens is 341 g/mol. The van der Waals surface area contributed by atoms with E-state index in [0.717, 1.165) is 0 Å². The normalized spacial score (nSPS) is 10.1. The number of carbonyl (C=O) groups excluding carboxylic acids is 1. The summed E-state index contributed by atoms with van der Waals surface area (Å²) in [6.45, 7) is 0. The number of benzene rings is 2. The summed E-state index contributed by atoms with van der Waals surface area (Å²) in [7, 11) is 2.94. The van der Waals surface area contributed by atoms with Crippen LogP contribution in [-0.4, -0.2) is 20.1 Å². The number of hydrogen-bond donors (Lipinski definition) is 1. The Balaban J connectivity index is 2.35. The molecule has 0 spiro atoms. The zero-order valence-corrected chi connectivity index (χ0v) is 13.0. The summed E-state index contributed by atoms with van der Waals surface area (Å²) < 4.78 is 24.2. The molecule has 1 N–H and O–H groups in total. The highest BCUT2D eigenvalue weighted by atomic mass is 79.9. The van der Waals surface area contributed by atoms with Gasteiger partial charge in [-0.05, 0) is 46.3 Å². The van der Waals surface area contributed by atoms with Crippen LogP contribution in [0.5, 0.6) is 11.5 Å². The van der Waals surface area contributed by atoms with Crippen LogP contribution < -0.4 is 14.8 Å². The van der Waals surface area contributed by atoms with Crippen molar-refractivity contribution in [2.24, 2.45) is 0 Å². The van der Waals surface area contributed by atoms with Gasteiger partial charge in [0.05, 0.1) is 25.5 Å². The Bertz CT molecular complexity index is 676. The monoisotopic (exact) mass is 353 g/mol. The van der Waals surface area contributed by atoms with E-state index in [9.17, 15) is 9.18 Å². The number of amides is 1. The summed E-state index contributed by atoms with van der Waals surface area (Å²) in [5.74, 6) is -0.0864. The van der Waals surface area contributed by atoms with Crippen LogP contribution in [0.1, 0.15) is 10.4 Å². The Morgan fingerprint density at radius 3 is 2.62 bits per heavy atom. The summed E-state index contributed by atoms with van der Waals surface area (Å²) in [5, 5.41) is 2.63. The number of rotatable bonds is 4. The standard InChI is InChI=1S/C15H13BrFNO3/c1-20-13-5-3-4-10(14(13)21-2)15(19)18-12-8-9(17)6-7-11(12)16/h3-8H,1-2H3,(H,18,19). The summed E-state index contributed by atoms with van der Waals surface area (Å²) >= 11 is 3.26. The maximum absolute atomic E-state index is 13.2. The van der Waals surface area contributed by atoms with Gasteiger partial charge in [-0.3, -0.25) is 4.79 Å². The molecule has 1 amide bonds. The lowest BCUT2D eigenvalue weighted by Gasteiger charge is -2.13. The minimum atomic E-state index is -0.439. The fraction of sp³-hybridized carbons (Fsp3) is 0.133. The van der Waals surface area contributed by atoms with Crippen LogP contribution in [0.2, 0.25) is 0 Å². The molecule has 0 aliphatic carbocycles. The Morgan fingerprint density at radius 2 is 1.95 bits per heavy atom. The molecule has 0 saturated carbocycles. The molecule has 0 aliphatic heterocycles. The Hall–Kier alpha value is -2.08. The van der Waals surface area contributed by atoms with E-state index in [1.165, 1.54) is 32.4 Å². The summed E-state index contributed by atoms with van der Waals surface area (Å²) in [4.78, 5) is 12.3. The lowest BCUT2D eigenvalue weighted by atomic mass is 10.1. The van der Waals surface area contributed by atoms with Gasteiger partial charge in [0, 0.05) is 4.47 Å². The molecule has 21 heavy (non-hydrogen) atoms. The molecule has 0 atom stereocenters. The maximum Gasteiger partial charge on any atom is 0.259 e. The van der Waals surface area contributed by atoms with Gasteiger partial charge in [0.25, 0.3) is 5.91 Å². The van der Waals surface area contributed by atoms with E-state index in [1.54, 1.807) is 18.2 Å². The number of hydrogen-bond acceptors (Lipinski definition) is 3. The molecule has 2 rings (SSSR count). The van der Waals surface area contributed by atoms with E-state index in [2.05, 4.69) is 21.2 Å². The van der Waals surface area contributed by atoms with Gasteiger partial charge in [0.15, 0.2) is 11.5 Å². The summed E-state index contributed by atoms with van der Waals surface area (Å²) in [5.41, 5.74) is 0.637. The lowest BCUT2D eigenvalue weighted by molar-refractivity contribution is 0.102. The van der Waals surface area contributed by atoms with Gasteiger partial charge in [0.2, 0.25) is 0 Å². The first kappa shape index (κ1) is 15.3. The lowest BCUT2D eigenvalue weighted by Crippen LogP contribution is -2.14. The van der Waals surface area contributed by atoms with Gasteiger partial charge in [0.1, 0.15) is 5.82 Å². The maximum atomic E-state index is 13.2. The molecule has 0 aliphatic rings. The van der Waals surface area contributed by atoms with Gasteiger partial charge in [-0.1, -0.05) is 6.07 Å². The first-order valence-electron chi connectivity index (χ1n) is 6.04. The van der Waals surface area contributed by atoms with Crippen molar-refractivity contribution in [3.63, 3.8) is 0 Å². The molecule has 0 unspecified atom stereocenters. The molecular formula is C15H13BrFNO3. The number of ether oxygens (including phenoxy) is 2. The van der Waals surface area contributed by atoms with Gasteiger partial charge in [-0.15, -0.1) is 0 Å². The van der Waals surface area contributed by atoms with E-state index in [1.807, 2.05) is 0 Å². The second-order valence-electron chi connectivity index (χ2n) is 4.12. The largest absolute Gasteiger partial charge is 0.493 e. The molecule has 0 heterocycles. The third-order valence-electron chi connectivity index (χ3n) is 2.82. The second-order valence-corrected chi connectivity index (χ2v) is 4.97. The molecule has 0 radical (unpaired) electrons. The average molecular weight is 354 g/mol. The Morgan fingerprint density at radius 1 is 1.19 bits per heavy atom. The quantitative estimate of drug-likeness (QED) is 0.907. The fourth-order valence-corrected chi connectivity index (χ4v) is 2.19. The molecule has 0 fully saturated rings. The average Bonchev–Trinajstić information content (AvgIpc) is 2.49. The van der Waals surface area contributed by atoms with E-state index < -0.39 is 11.7 Å². The van der Waals surface area contributed by atoms with Crippen LogP contribution in [0.25, 0.3) is 0 Å². The van der Waals surface area contributed by atoms with Crippen LogP contribution in [0, 0.1) is 5.82 Å². The van der Waals surface area contributed by atoms with Crippen molar-refractivity contribution in [2.45, 2.75) is 0 Å². The molecule has 110 valence electrons. The first-order valence-corrected chi connectivity index (χ1v) is 6.83. The van der Waals surface area contributed by atoms with Crippen LogP contribution in [0.15, 0.2) is 40.9 Å². The van der Waals surface area contributed by atoms with Gasteiger partial charge >= 0.3 is 0 Å². The highest BCUT2D eigenvalue weighted by Gasteiger charge is 2.17. The number of anilines is 1. The summed E-state index contributed by atoms with van der Waals surface area (Å²) in [6.07, 6.45) is 0. The third kappa shape index (κ3) is 3.33. The molecule has 2 aromatic rings. The van der Waals surface area contributed by atoms with Crippen LogP contribution in [-0.2, 0) is 0 Å². The third-order valence-corrected chi connectivity index (χ3v) is 3.52. The number of halogens is 2. The van der Waals surface area contributed by atoms with Crippen molar-refractivity contribution in [2.75, 3.05) is 19.5 Å². The smallest absolute Gasteiger partial charge is 0.259 e. The van der Waals surface area contributed by atoms with E-state index in [4.69, 9.17) is 9.47 Å². The number of nitrogens with one attached hydrogen (secondary N) is 1. The molecule has 0 bridgehead atoms. The summed E-state index contributed by atoms with van der Waals surface area (Å²) in [6, 6.07) is 9.02. The van der Waals surface area contributed by atoms with E-state index in [0.29, 0.717) is 27.2 Å². The zero-order valence-electron chi connectivity index (χ0n) is 11.4. The second kappa shape index (κ2) is 6.58. The molecule has 6 heteroatoms. The Labute approximate surface area is 130 Å². The highest BCUT2D eigenvalue weighted by Crippen LogP contribution is 2.32. The van der Waals surface area contributed by atoms with Crippen molar-refractivity contribution in [3.05, 3.63) is 52.3 Å². The predicted octanol–water partition coefficient (Wildman–Crippen LogP) is 3.86. The van der Waals surface area contributed by atoms with Gasteiger partial charge in [-0.2, -0.15) is 0 Å². The van der Waals surface area contributed by atoms with E-state index >= 15 is 0 Å². The van der Waals surface area contributed by atoms with Crippen LogP contribution in [0.3, 0.4) is 0 Å². The molecule has 2 aromatic carbocycles. The number of methoxy groups -OCH3 is 2. The van der Waals surface area contributed by atoms with E-state index in [-0.39, 0.29) is 0 Å².